The zero-order valence-corrected chi connectivity index (χ0v) is 14.7. The van der Waals surface area contributed by atoms with Crippen LogP contribution in [-0.4, -0.2) is 0 Å². The summed E-state index contributed by atoms with van der Waals surface area (Å²) >= 11 is 0. The van der Waals surface area contributed by atoms with E-state index in [-0.39, 0.29) is 0 Å². The van der Waals surface area contributed by atoms with Gasteiger partial charge in [-0.25, -0.2) is 0 Å². The summed E-state index contributed by atoms with van der Waals surface area (Å²) in [6.45, 7) is 6.44. The van der Waals surface area contributed by atoms with Gasteiger partial charge in [-0.15, -0.1) is 0 Å². The fourth-order valence-electron chi connectivity index (χ4n) is 2.85. The van der Waals surface area contributed by atoms with Crippen LogP contribution in [0.4, 0.5) is 5.69 Å². The summed E-state index contributed by atoms with van der Waals surface area (Å²) in [6.07, 6.45) is 16.1. The lowest BCUT2D eigenvalue weighted by molar-refractivity contribution is 0.495. The average Bonchev–Trinajstić information content (AvgIpc) is 2.73. The molecule has 0 saturated heterocycles. The molecule has 1 aromatic rings. The minimum absolute atomic E-state index is 0.713. The Kier molecular flexibility index (Phi) is 6.93. The Hall–Kier alpha value is -2.02. The van der Waals surface area contributed by atoms with E-state index in [9.17, 15) is 0 Å². The van der Waals surface area contributed by atoms with E-state index < -0.39 is 0 Å². The topological polar surface area (TPSA) is 12.0 Å². The van der Waals surface area contributed by atoms with Crippen LogP contribution in [0.2, 0.25) is 0 Å². The standard InChI is InChI=1S/C22H29N/c1-4-18(2)10-8-9-11-20-15-14-19(3)16-22(17-20)23-21-12-6-5-7-13-21/h4-8,10,12-14,16,20,23H,9,11,15,17H2,1-3H3/b10-8-,18-4-/t20-/m0/s1. The molecule has 1 N–H and O–H groups in total. The van der Waals surface area contributed by atoms with Crippen molar-refractivity contribution in [3.05, 3.63) is 77.6 Å². The molecule has 0 amide bonds. The number of anilines is 1. The van der Waals surface area contributed by atoms with Crippen molar-refractivity contribution >= 4 is 5.69 Å². The molecule has 0 unspecified atom stereocenters. The molecule has 0 aromatic heterocycles. The second kappa shape index (κ2) is 9.19. The maximum atomic E-state index is 3.59. The Balaban J connectivity index is 1.93. The fraction of sp³-hybridized carbons (Fsp3) is 0.364. The summed E-state index contributed by atoms with van der Waals surface area (Å²) in [5, 5.41) is 3.59. The van der Waals surface area contributed by atoms with E-state index >= 15 is 0 Å². The van der Waals surface area contributed by atoms with Crippen molar-refractivity contribution in [3.8, 4) is 0 Å². The molecule has 122 valence electrons. The largest absolute Gasteiger partial charge is 0.359 e. The summed E-state index contributed by atoms with van der Waals surface area (Å²) < 4.78 is 0. The Labute approximate surface area is 141 Å². The van der Waals surface area contributed by atoms with Gasteiger partial charge in [-0.05, 0) is 70.6 Å². The molecule has 1 nitrogen and oxygen atoms in total. The smallest absolute Gasteiger partial charge is 0.0381 e. The van der Waals surface area contributed by atoms with Gasteiger partial charge in [-0.2, -0.15) is 0 Å². The molecular formula is C22H29N. The number of hydrogen-bond acceptors (Lipinski definition) is 1. The number of rotatable bonds is 6. The minimum atomic E-state index is 0.713. The zero-order valence-electron chi connectivity index (χ0n) is 14.7. The van der Waals surface area contributed by atoms with Crippen LogP contribution in [0.25, 0.3) is 0 Å². The molecule has 0 saturated carbocycles. The molecule has 1 aliphatic rings. The molecule has 0 heterocycles. The first-order valence-corrected chi connectivity index (χ1v) is 8.66. The van der Waals surface area contributed by atoms with Crippen LogP contribution < -0.4 is 5.32 Å². The molecule has 0 spiro atoms. The average molecular weight is 307 g/mol. The summed E-state index contributed by atoms with van der Waals surface area (Å²) in [7, 11) is 0. The Morgan fingerprint density at radius 2 is 2.04 bits per heavy atom. The summed E-state index contributed by atoms with van der Waals surface area (Å²) in [4.78, 5) is 0. The van der Waals surface area contributed by atoms with E-state index in [1.54, 1.807) is 0 Å². The van der Waals surface area contributed by atoms with E-state index in [0.29, 0.717) is 5.92 Å². The van der Waals surface area contributed by atoms with Crippen LogP contribution in [0.15, 0.2) is 77.6 Å². The Morgan fingerprint density at radius 1 is 1.26 bits per heavy atom. The summed E-state index contributed by atoms with van der Waals surface area (Å²) in [6, 6.07) is 10.5. The second-order valence-corrected chi connectivity index (χ2v) is 6.43. The van der Waals surface area contributed by atoms with Gasteiger partial charge in [0.1, 0.15) is 0 Å². The molecule has 0 fully saturated rings. The monoisotopic (exact) mass is 307 g/mol. The van der Waals surface area contributed by atoms with Crippen molar-refractivity contribution in [3.63, 3.8) is 0 Å². The Bertz CT molecular complexity index is 602. The van der Waals surface area contributed by atoms with Gasteiger partial charge in [-0.1, -0.05) is 53.6 Å². The summed E-state index contributed by atoms with van der Waals surface area (Å²) in [5.41, 5.74) is 5.22. The van der Waals surface area contributed by atoms with E-state index in [0.717, 1.165) is 12.8 Å². The molecule has 23 heavy (non-hydrogen) atoms. The van der Waals surface area contributed by atoms with Crippen molar-refractivity contribution in [2.75, 3.05) is 5.32 Å². The fourth-order valence-corrected chi connectivity index (χ4v) is 2.85. The third kappa shape index (κ3) is 6.32. The van der Waals surface area contributed by atoms with Crippen molar-refractivity contribution in [2.24, 2.45) is 5.92 Å². The van der Waals surface area contributed by atoms with Gasteiger partial charge in [0.05, 0.1) is 0 Å². The first-order chi connectivity index (χ1) is 11.2. The molecule has 0 bridgehead atoms. The first-order valence-electron chi connectivity index (χ1n) is 8.66. The third-order valence-corrected chi connectivity index (χ3v) is 4.34. The lowest BCUT2D eigenvalue weighted by Crippen LogP contribution is -2.06. The van der Waals surface area contributed by atoms with Gasteiger partial charge in [0.2, 0.25) is 0 Å². The van der Waals surface area contributed by atoms with E-state index in [2.05, 4.69) is 86.8 Å². The van der Waals surface area contributed by atoms with Gasteiger partial charge in [0, 0.05) is 11.4 Å². The SMILES string of the molecule is C/C=C(C)\C=C/CC[C@H]1CC=C(C)C=C(Nc2ccccc2)C1. The van der Waals surface area contributed by atoms with Crippen molar-refractivity contribution in [1.29, 1.82) is 0 Å². The molecule has 0 radical (unpaired) electrons. The summed E-state index contributed by atoms with van der Waals surface area (Å²) in [5.74, 6) is 0.713. The van der Waals surface area contributed by atoms with Gasteiger partial charge in [0.25, 0.3) is 0 Å². The lowest BCUT2D eigenvalue weighted by atomic mass is 9.94. The second-order valence-electron chi connectivity index (χ2n) is 6.43. The normalized spacial score (nSPS) is 19.3. The predicted molar refractivity (Wildman–Crippen MR) is 102 cm³/mol. The van der Waals surface area contributed by atoms with Crippen molar-refractivity contribution < 1.29 is 0 Å². The van der Waals surface area contributed by atoms with Gasteiger partial charge in [0.15, 0.2) is 0 Å². The highest BCUT2D eigenvalue weighted by atomic mass is 14.9. The van der Waals surface area contributed by atoms with E-state index in [1.165, 1.54) is 35.4 Å². The maximum absolute atomic E-state index is 3.59. The van der Waals surface area contributed by atoms with Gasteiger partial charge >= 0.3 is 0 Å². The van der Waals surface area contributed by atoms with Gasteiger partial charge < -0.3 is 5.32 Å². The van der Waals surface area contributed by atoms with Crippen LogP contribution in [0.5, 0.6) is 0 Å². The quantitative estimate of drug-likeness (QED) is 0.581. The molecule has 1 heteroatoms. The van der Waals surface area contributed by atoms with Crippen molar-refractivity contribution in [1.82, 2.24) is 0 Å². The number of nitrogens with one attached hydrogen (secondary N) is 1. The van der Waals surface area contributed by atoms with E-state index in [4.69, 9.17) is 0 Å². The predicted octanol–water partition coefficient (Wildman–Crippen LogP) is 6.64. The Morgan fingerprint density at radius 3 is 2.78 bits per heavy atom. The number of hydrogen-bond donors (Lipinski definition) is 1. The zero-order chi connectivity index (χ0) is 16.5. The van der Waals surface area contributed by atoms with Crippen LogP contribution in [0.3, 0.4) is 0 Å². The lowest BCUT2D eigenvalue weighted by Gasteiger charge is -2.16. The highest BCUT2D eigenvalue weighted by Crippen LogP contribution is 2.27. The number of para-hydroxylation sites is 1. The molecule has 1 aliphatic carbocycles. The molecular weight excluding hydrogens is 278 g/mol. The highest BCUT2D eigenvalue weighted by molar-refractivity contribution is 5.49. The van der Waals surface area contributed by atoms with Crippen molar-refractivity contribution in [2.45, 2.75) is 46.5 Å². The van der Waals surface area contributed by atoms with Gasteiger partial charge in [-0.3, -0.25) is 0 Å². The van der Waals surface area contributed by atoms with Crippen LogP contribution in [0, 0.1) is 5.92 Å². The number of allylic oxidation sites excluding steroid dienone is 8. The molecule has 2 rings (SSSR count). The molecule has 1 atom stereocenters. The molecule has 1 aromatic carbocycles. The highest BCUT2D eigenvalue weighted by Gasteiger charge is 2.13. The first kappa shape index (κ1) is 17.3. The molecule has 0 aliphatic heterocycles. The minimum Gasteiger partial charge on any atom is -0.359 e. The van der Waals surface area contributed by atoms with Crippen LogP contribution >= 0.6 is 0 Å². The third-order valence-electron chi connectivity index (χ3n) is 4.34. The number of benzene rings is 1. The van der Waals surface area contributed by atoms with Crippen LogP contribution in [0.1, 0.15) is 46.5 Å². The van der Waals surface area contributed by atoms with E-state index in [1.807, 2.05) is 0 Å². The van der Waals surface area contributed by atoms with Crippen LogP contribution in [-0.2, 0) is 0 Å². The maximum Gasteiger partial charge on any atom is 0.0381 e.